The van der Waals surface area contributed by atoms with Crippen LogP contribution in [0.2, 0.25) is 10.0 Å². The maximum Gasteiger partial charge on any atom is 0.273 e. The first-order valence-corrected chi connectivity index (χ1v) is 12.6. The van der Waals surface area contributed by atoms with Crippen LogP contribution in [0.25, 0.3) is 0 Å². The minimum atomic E-state index is -0.348. The Bertz CT molecular complexity index is 956. The number of nitrogens with one attached hydrogen (secondary N) is 1. The van der Waals surface area contributed by atoms with Crippen molar-refractivity contribution in [2.75, 3.05) is 57.7 Å². The van der Waals surface area contributed by atoms with Crippen molar-refractivity contribution in [3.63, 3.8) is 0 Å². The topological polar surface area (TPSA) is 68.8 Å². The number of hydrogen-bond acceptors (Lipinski definition) is 6. The van der Waals surface area contributed by atoms with Crippen molar-refractivity contribution in [3.8, 4) is 0 Å². The van der Waals surface area contributed by atoms with E-state index in [-0.39, 0.29) is 11.8 Å². The number of piperazine rings is 1. The van der Waals surface area contributed by atoms with Crippen LogP contribution in [-0.2, 0) is 0 Å². The van der Waals surface area contributed by atoms with Gasteiger partial charge in [0.15, 0.2) is 5.13 Å². The summed E-state index contributed by atoms with van der Waals surface area (Å²) in [7, 11) is 0. The van der Waals surface area contributed by atoms with E-state index in [1.54, 1.807) is 17.5 Å². The monoisotopic (exact) mass is 495 g/mol. The second kappa shape index (κ2) is 10.9. The first-order valence-electron chi connectivity index (χ1n) is 11.0. The van der Waals surface area contributed by atoms with Gasteiger partial charge in [0.25, 0.3) is 11.8 Å². The smallest absolute Gasteiger partial charge is 0.273 e. The average molecular weight is 496 g/mol. The Morgan fingerprint density at radius 3 is 2.31 bits per heavy atom. The molecule has 10 heteroatoms. The standard InChI is InChI=1S/C22H27Cl2N5O2S/c23-17-5-4-16(14-18(17)24)20(30)26-22-25-19(15-32-22)21(31)29-12-10-28(11-13-29)9-8-27-6-2-1-3-7-27/h4-5,14-15H,1-3,6-13H2,(H,25,26,30). The summed E-state index contributed by atoms with van der Waals surface area (Å²) in [6.45, 7) is 7.75. The molecule has 0 radical (unpaired) electrons. The SMILES string of the molecule is O=C(Nc1nc(C(=O)N2CCN(CCN3CCCCC3)CC2)cs1)c1ccc(Cl)c(Cl)c1. The third-order valence-corrected chi connectivity index (χ3v) is 7.46. The van der Waals surface area contributed by atoms with Gasteiger partial charge in [0.05, 0.1) is 10.0 Å². The maximum absolute atomic E-state index is 12.9. The molecule has 0 spiro atoms. The highest BCUT2D eigenvalue weighted by atomic mass is 35.5. The van der Waals surface area contributed by atoms with E-state index in [0.29, 0.717) is 39.5 Å². The number of carbonyl (C=O) groups is 2. The Morgan fingerprint density at radius 1 is 0.938 bits per heavy atom. The van der Waals surface area contributed by atoms with Crippen LogP contribution in [0.1, 0.15) is 40.1 Å². The van der Waals surface area contributed by atoms with Gasteiger partial charge in [-0.25, -0.2) is 4.98 Å². The zero-order chi connectivity index (χ0) is 22.5. The van der Waals surface area contributed by atoms with E-state index in [0.717, 1.165) is 26.2 Å². The third-order valence-electron chi connectivity index (χ3n) is 5.97. The molecule has 2 aromatic rings. The van der Waals surface area contributed by atoms with Crippen molar-refractivity contribution in [3.05, 3.63) is 44.9 Å². The highest BCUT2D eigenvalue weighted by Gasteiger charge is 2.24. The average Bonchev–Trinajstić information content (AvgIpc) is 3.28. The normalized spacial score (nSPS) is 18.0. The summed E-state index contributed by atoms with van der Waals surface area (Å²) in [5, 5.41) is 5.49. The molecule has 2 aliphatic rings. The molecule has 1 aromatic carbocycles. The van der Waals surface area contributed by atoms with E-state index >= 15 is 0 Å². The van der Waals surface area contributed by atoms with E-state index in [4.69, 9.17) is 23.2 Å². The molecule has 2 fully saturated rings. The molecule has 0 aliphatic carbocycles. The second-order valence-electron chi connectivity index (χ2n) is 8.16. The van der Waals surface area contributed by atoms with Gasteiger partial charge >= 0.3 is 0 Å². The van der Waals surface area contributed by atoms with E-state index in [9.17, 15) is 9.59 Å². The van der Waals surface area contributed by atoms with Gasteiger partial charge in [-0.05, 0) is 44.1 Å². The lowest BCUT2D eigenvalue weighted by molar-refractivity contribution is 0.0614. The Kier molecular flexibility index (Phi) is 8.02. The Hall–Kier alpha value is -1.71. The fraction of sp³-hybridized carbons (Fsp3) is 0.500. The number of nitrogens with zero attached hydrogens (tertiary/aromatic N) is 4. The number of carbonyl (C=O) groups excluding carboxylic acids is 2. The maximum atomic E-state index is 12.9. The number of thiazole rings is 1. The first-order chi connectivity index (χ1) is 15.5. The van der Waals surface area contributed by atoms with E-state index in [1.165, 1.54) is 49.8 Å². The molecule has 0 saturated carbocycles. The fourth-order valence-corrected chi connectivity index (χ4v) is 5.02. The number of rotatable bonds is 6. The largest absolute Gasteiger partial charge is 0.335 e. The first kappa shape index (κ1) is 23.4. The van der Waals surface area contributed by atoms with Crippen molar-refractivity contribution in [2.24, 2.45) is 0 Å². The number of hydrogen-bond donors (Lipinski definition) is 1. The van der Waals surface area contributed by atoms with Crippen molar-refractivity contribution in [1.29, 1.82) is 0 Å². The Labute approximate surface area is 202 Å². The van der Waals surface area contributed by atoms with Gasteiger partial charge in [-0.3, -0.25) is 19.8 Å². The number of piperidine rings is 1. The van der Waals surface area contributed by atoms with Crippen LogP contribution in [0.3, 0.4) is 0 Å². The van der Waals surface area contributed by atoms with Crippen LogP contribution in [0, 0.1) is 0 Å². The van der Waals surface area contributed by atoms with Gasteiger partial charge in [0.1, 0.15) is 5.69 Å². The number of halogens is 2. The van der Waals surface area contributed by atoms with Gasteiger partial charge in [0, 0.05) is 50.2 Å². The van der Waals surface area contributed by atoms with Crippen molar-refractivity contribution >= 4 is 51.5 Å². The number of anilines is 1. The lowest BCUT2D eigenvalue weighted by Gasteiger charge is -2.36. The van der Waals surface area contributed by atoms with Crippen molar-refractivity contribution in [2.45, 2.75) is 19.3 Å². The molecule has 1 aromatic heterocycles. The minimum Gasteiger partial charge on any atom is -0.335 e. The second-order valence-corrected chi connectivity index (χ2v) is 9.83. The van der Waals surface area contributed by atoms with E-state index in [1.807, 2.05) is 4.90 Å². The zero-order valence-electron chi connectivity index (χ0n) is 17.9. The van der Waals surface area contributed by atoms with Crippen LogP contribution < -0.4 is 5.32 Å². The Morgan fingerprint density at radius 2 is 1.62 bits per heavy atom. The fourth-order valence-electron chi connectivity index (χ4n) is 4.04. The van der Waals surface area contributed by atoms with E-state index in [2.05, 4.69) is 20.1 Å². The van der Waals surface area contributed by atoms with E-state index < -0.39 is 0 Å². The summed E-state index contributed by atoms with van der Waals surface area (Å²) in [4.78, 5) is 36.4. The number of benzene rings is 1. The molecule has 0 unspecified atom stereocenters. The van der Waals surface area contributed by atoms with Crippen molar-refractivity contribution in [1.82, 2.24) is 19.7 Å². The summed E-state index contributed by atoms with van der Waals surface area (Å²) in [6, 6.07) is 4.67. The number of amides is 2. The molecule has 2 saturated heterocycles. The van der Waals surface area contributed by atoms with Crippen molar-refractivity contribution < 1.29 is 9.59 Å². The Balaban J connectivity index is 1.25. The highest BCUT2D eigenvalue weighted by molar-refractivity contribution is 7.14. The molecule has 0 atom stereocenters. The molecule has 4 rings (SSSR count). The molecule has 7 nitrogen and oxygen atoms in total. The molecule has 32 heavy (non-hydrogen) atoms. The van der Waals surface area contributed by atoms with Gasteiger partial charge in [0.2, 0.25) is 0 Å². The predicted octanol–water partition coefficient (Wildman–Crippen LogP) is 3.95. The molecule has 1 N–H and O–H groups in total. The molecular weight excluding hydrogens is 469 g/mol. The summed E-state index contributed by atoms with van der Waals surface area (Å²) in [5.74, 6) is -0.439. The zero-order valence-corrected chi connectivity index (χ0v) is 20.2. The third kappa shape index (κ3) is 5.99. The summed E-state index contributed by atoms with van der Waals surface area (Å²) >= 11 is 13.1. The van der Waals surface area contributed by atoms with Crippen LogP contribution in [0.5, 0.6) is 0 Å². The van der Waals surface area contributed by atoms with Gasteiger partial charge in [-0.15, -0.1) is 11.3 Å². The molecule has 0 bridgehead atoms. The highest BCUT2D eigenvalue weighted by Crippen LogP contribution is 2.24. The molecular formula is C22H27Cl2N5O2S. The van der Waals surface area contributed by atoms with Gasteiger partial charge < -0.3 is 9.80 Å². The van der Waals surface area contributed by atoms with Gasteiger partial charge in [-0.2, -0.15) is 0 Å². The molecule has 2 aliphatic heterocycles. The lowest BCUT2D eigenvalue weighted by Crippen LogP contribution is -2.50. The number of likely N-dealkylation sites (tertiary alicyclic amines) is 1. The minimum absolute atomic E-state index is 0.0908. The molecule has 2 amide bonds. The quantitative estimate of drug-likeness (QED) is 0.656. The summed E-state index contributed by atoms with van der Waals surface area (Å²) in [5.41, 5.74) is 0.740. The van der Waals surface area contributed by atoms with Crippen LogP contribution in [0.15, 0.2) is 23.6 Å². The van der Waals surface area contributed by atoms with Crippen LogP contribution in [0.4, 0.5) is 5.13 Å². The summed E-state index contributed by atoms with van der Waals surface area (Å²) in [6.07, 6.45) is 3.98. The summed E-state index contributed by atoms with van der Waals surface area (Å²) < 4.78 is 0. The predicted molar refractivity (Wildman–Crippen MR) is 129 cm³/mol. The lowest BCUT2D eigenvalue weighted by atomic mass is 10.1. The number of aromatic nitrogens is 1. The van der Waals surface area contributed by atoms with Crippen LogP contribution in [-0.4, -0.2) is 83.9 Å². The molecule has 3 heterocycles. The van der Waals surface area contributed by atoms with Crippen LogP contribution >= 0.6 is 34.5 Å². The van der Waals surface area contributed by atoms with Gasteiger partial charge in [-0.1, -0.05) is 29.6 Å². The molecule has 172 valence electrons.